The summed E-state index contributed by atoms with van der Waals surface area (Å²) < 4.78 is 1.97. The summed E-state index contributed by atoms with van der Waals surface area (Å²) in [6.07, 6.45) is 7.98. The molecule has 4 nitrogen and oxygen atoms in total. The minimum absolute atomic E-state index is 0.354. The number of rotatable bonds is 7. The summed E-state index contributed by atoms with van der Waals surface area (Å²) in [6, 6.07) is 6.43. The summed E-state index contributed by atoms with van der Waals surface area (Å²) in [5.74, 6) is 0. The minimum atomic E-state index is 0.354. The van der Waals surface area contributed by atoms with Crippen molar-refractivity contribution in [1.82, 2.24) is 20.1 Å². The third-order valence-corrected chi connectivity index (χ3v) is 3.25. The largest absolute Gasteiger partial charge is 0.310 e. The predicted molar refractivity (Wildman–Crippen MR) is 76.9 cm³/mol. The first-order chi connectivity index (χ1) is 9.33. The monoisotopic (exact) mass is 258 g/mol. The van der Waals surface area contributed by atoms with Crippen LogP contribution < -0.4 is 5.32 Å². The van der Waals surface area contributed by atoms with Gasteiger partial charge in [-0.1, -0.05) is 13.0 Å². The molecule has 4 heteroatoms. The Kier molecular flexibility index (Phi) is 5.10. The van der Waals surface area contributed by atoms with Crippen molar-refractivity contribution in [3.05, 3.63) is 48.0 Å². The van der Waals surface area contributed by atoms with Crippen LogP contribution in [0.25, 0.3) is 0 Å². The highest BCUT2D eigenvalue weighted by Gasteiger charge is 2.12. The molecule has 0 spiro atoms. The fourth-order valence-corrected chi connectivity index (χ4v) is 2.20. The Balaban J connectivity index is 1.99. The zero-order valence-electron chi connectivity index (χ0n) is 11.7. The van der Waals surface area contributed by atoms with Crippen LogP contribution in [0, 0.1) is 0 Å². The van der Waals surface area contributed by atoms with Crippen molar-refractivity contribution >= 4 is 0 Å². The Morgan fingerprint density at radius 3 is 2.84 bits per heavy atom. The molecule has 0 saturated carbocycles. The van der Waals surface area contributed by atoms with Crippen LogP contribution in [-0.4, -0.2) is 21.3 Å². The maximum atomic E-state index is 4.38. The van der Waals surface area contributed by atoms with E-state index in [1.165, 1.54) is 5.56 Å². The SMILES string of the molecule is CCNC(CCc1ccccn1)c1cnn(CC)c1. The average molecular weight is 258 g/mol. The molecule has 2 rings (SSSR count). The first-order valence-corrected chi connectivity index (χ1v) is 6.99. The van der Waals surface area contributed by atoms with E-state index in [4.69, 9.17) is 0 Å². The van der Waals surface area contributed by atoms with E-state index in [0.29, 0.717) is 6.04 Å². The number of aryl methyl sites for hydroxylation is 2. The molecule has 0 aliphatic heterocycles. The van der Waals surface area contributed by atoms with Gasteiger partial charge < -0.3 is 5.32 Å². The molecular formula is C15H22N4. The number of aromatic nitrogens is 3. The van der Waals surface area contributed by atoms with Gasteiger partial charge in [-0.2, -0.15) is 5.10 Å². The van der Waals surface area contributed by atoms with Crippen molar-refractivity contribution < 1.29 is 0 Å². The maximum absolute atomic E-state index is 4.38. The molecule has 0 saturated heterocycles. The average Bonchev–Trinajstić information content (AvgIpc) is 2.93. The van der Waals surface area contributed by atoms with Crippen molar-refractivity contribution in [3.63, 3.8) is 0 Å². The number of nitrogens with zero attached hydrogens (tertiary/aromatic N) is 3. The summed E-state index contributed by atoms with van der Waals surface area (Å²) in [5.41, 5.74) is 2.41. The lowest BCUT2D eigenvalue weighted by Crippen LogP contribution is -2.21. The van der Waals surface area contributed by atoms with Gasteiger partial charge in [-0.15, -0.1) is 0 Å². The smallest absolute Gasteiger partial charge is 0.0537 e. The zero-order valence-corrected chi connectivity index (χ0v) is 11.7. The molecule has 0 fully saturated rings. The second kappa shape index (κ2) is 7.04. The number of hydrogen-bond donors (Lipinski definition) is 1. The third-order valence-electron chi connectivity index (χ3n) is 3.25. The molecule has 0 radical (unpaired) electrons. The molecule has 1 N–H and O–H groups in total. The molecule has 1 unspecified atom stereocenters. The second-order valence-corrected chi connectivity index (χ2v) is 4.60. The summed E-state index contributed by atoms with van der Waals surface area (Å²) in [6.45, 7) is 6.12. The van der Waals surface area contributed by atoms with Crippen LogP contribution in [0.1, 0.15) is 37.6 Å². The minimum Gasteiger partial charge on any atom is -0.310 e. The fraction of sp³-hybridized carbons (Fsp3) is 0.467. The molecule has 0 aromatic carbocycles. The quantitative estimate of drug-likeness (QED) is 0.830. The fourth-order valence-electron chi connectivity index (χ4n) is 2.20. The first kappa shape index (κ1) is 13.7. The van der Waals surface area contributed by atoms with E-state index >= 15 is 0 Å². The molecule has 1 atom stereocenters. The molecule has 0 amide bonds. The molecule has 0 bridgehead atoms. The molecular weight excluding hydrogens is 236 g/mol. The van der Waals surface area contributed by atoms with Crippen molar-refractivity contribution in [2.75, 3.05) is 6.54 Å². The van der Waals surface area contributed by atoms with Gasteiger partial charge in [0, 0.05) is 36.2 Å². The van der Waals surface area contributed by atoms with Gasteiger partial charge in [0.1, 0.15) is 0 Å². The topological polar surface area (TPSA) is 42.7 Å². The van der Waals surface area contributed by atoms with Crippen LogP contribution in [-0.2, 0) is 13.0 Å². The highest BCUT2D eigenvalue weighted by Crippen LogP contribution is 2.18. The summed E-state index contributed by atoms with van der Waals surface area (Å²) in [7, 11) is 0. The van der Waals surface area contributed by atoms with E-state index in [1.54, 1.807) is 0 Å². The summed E-state index contributed by atoms with van der Waals surface area (Å²) >= 11 is 0. The van der Waals surface area contributed by atoms with E-state index in [0.717, 1.165) is 31.6 Å². The van der Waals surface area contributed by atoms with E-state index in [1.807, 2.05) is 29.2 Å². The second-order valence-electron chi connectivity index (χ2n) is 4.60. The van der Waals surface area contributed by atoms with Crippen LogP contribution >= 0.6 is 0 Å². The van der Waals surface area contributed by atoms with Crippen LogP contribution in [0.3, 0.4) is 0 Å². The molecule has 0 aliphatic rings. The van der Waals surface area contributed by atoms with Crippen LogP contribution in [0.2, 0.25) is 0 Å². The van der Waals surface area contributed by atoms with Gasteiger partial charge in [0.15, 0.2) is 0 Å². The predicted octanol–water partition coefficient (Wildman–Crippen LogP) is 2.58. The van der Waals surface area contributed by atoms with Crippen LogP contribution in [0.4, 0.5) is 0 Å². The Bertz CT molecular complexity index is 478. The van der Waals surface area contributed by atoms with Gasteiger partial charge >= 0.3 is 0 Å². The highest BCUT2D eigenvalue weighted by atomic mass is 15.3. The molecule has 2 heterocycles. The van der Waals surface area contributed by atoms with Gasteiger partial charge in [-0.3, -0.25) is 9.67 Å². The van der Waals surface area contributed by atoms with Gasteiger partial charge in [-0.05, 0) is 38.4 Å². The summed E-state index contributed by atoms with van der Waals surface area (Å²) in [4.78, 5) is 4.38. The highest BCUT2D eigenvalue weighted by molar-refractivity contribution is 5.12. The Morgan fingerprint density at radius 1 is 1.32 bits per heavy atom. The Hall–Kier alpha value is -1.68. The van der Waals surface area contributed by atoms with Crippen molar-refractivity contribution in [3.8, 4) is 0 Å². The number of nitrogens with one attached hydrogen (secondary N) is 1. The number of pyridine rings is 1. The van der Waals surface area contributed by atoms with Gasteiger partial charge in [0.05, 0.1) is 6.20 Å². The van der Waals surface area contributed by atoms with Crippen molar-refractivity contribution in [2.45, 2.75) is 39.3 Å². The third kappa shape index (κ3) is 3.89. The Labute approximate surface area is 114 Å². The van der Waals surface area contributed by atoms with E-state index in [-0.39, 0.29) is 0 Å². The molecule has 2 aromatic rings. The normalized spacial score (nSPS) is 12.5. The van der Waals surface area contributed by atoms with Crippen molar-refractivity contribution in [2.24, 2.45) is 0 Å². The van der Waals surface area contributed by atoms with E-state index in [2.05, 4.69) is 41.5 Å². The number of hydrogen-bond acceptors (Lipinski definition) is 3. The van der Waals surface area contributed by atoms with Gasteiger partial charge in [-0.25, -0.2) is 0 Å². The van der Waals surface area contributed by atoms with E-state index in [9.17, 15) is 0 Å². The molecule has 2 aromatic heterocycles. The molecule has 19 heavy (non-hydrogen) atoms. The van der Waals surface area contributed by atoms with E-state index < -0.39 is 0 Å². The lowest BCUT2D eigenvalue weighted by atomic mass is 10.0. The van der Waals surface area contributed by atoms with Crippen LogP contribution in [0.5, 0.6) is 0 Å². The first-order valence-electron chi connectivity index (χ1n) is 6.99. The molecule has 102 valence electrons. The molecule has 0 aliphatic carbocycles. The zero-order chi connectivity index (χ0) is 13.5. The maximum Gasteiger partial charge on any atom is 0.0537 e. The lowest BCUT2D eigenvalue weighted by molar-refractivity contribution is 0.512. The Morgan fingerprint density at radius 2 is 2.21 bits per heavy atom. The van der Waals surface area contributed by atoms with Gasteiger partial charge in [0.2, 0.25) is 0 Å². The standard InChI is InChI=1S/C15H22N4/c1-3-16-15(13-11-18-19(4-2)12-13)9-8-14-7-5-6-10-17-14/h5-7,10-12,15-16H,3-4,8-9H2,1-2H3. The van der Waals surface area contributed by atoms with Gasteiger partial charge in [0.25, 0.3) is 0 Å². The van der Waals surface area contributed by atoms with Crippen molar-refractivity contribution in [1.29, 1.82) is 0 Å². The lowest BCUT2D eigenvalue weighted by Gasteiger charge is -2.16. The summed E-state index contributed by atoms with van der Waals surface area (Å²) in [5, 5.41) is 7.88. The van der Waals surface area contributed by atoms with Crippen LogP contribution in [0.15, 0.2) is 36.8 Å².